The van der Waals surface area contributed by atoms with Crippen LogP contribution in [0.15, 0.2) is 48.5 Å². The standard InChI is InChI=1S/C23H31N3O3/c1-19-6-3-4-7-22(19)29-18-23(27)24-12-5-13-25-14-16-26(17-15-25)20-8-10-21(28-2)11-9-20/h3-4,6-11H,5,12-18H2,1-2H3,(H,24,27). The maximum Gasteiger partial charge on any atom is 0.257 e. The summed E-state index contributed by atoms with van der Waals surface area (Å²) in [5, 5.41) is 2.94. The van der Waals surface area contributed by atoms with E-state index in [2.05, 4.69) is 27.2 Å². The minimum Gasteiger partial charge on any atom is -0.497 e. The second-order valence-electron chi connectivity index (χ2n) is 7.28. The van der Waals surface area contributed by atoms with Gasteiger partial charge >= 0.3 is 0 Å². The van der Waals surface area contributed by atoms with Crippen molar-refractivity contribution in [3.05, 3.63) is 54.1 Å². The fraction of sp³-hybridized carbons (Fsp3) is 0.435. The molecule has 0 bridgehead atoms. The summed E-state index contributed by atoms with van der Waals surface area (Å²) in [6.07, 6.45) is 0.943. The number of ether oxygens (including phenoxy) is 2. The molecule has 3 rings (SSSR count). The van der Waals surface area contributed by atoms with Crippen molar-refractivity contribution >= 4 is 11.6 Å². The van der Waals surface area contributed by atoms with E-state index in [9.17, 15) is 4.79 Å². The van der Waals surface area contributed by atoms with E-state index in [1.165, 1.54) is 5.69 Å². The Morgan fingerprint density at radius 2 is 1.76 bits per heavy atom. The lowest BCUT2D eigenvalue weighted by Gasteiger charge is -2.36. The van der Waals surface area contributed by atoms with Gasteiger partial charge in [-0.25, -0.2) is 0 Å². The third-order valence-electron chi connectivity index (χ3n) is 5.24. The van der Waals surface area contributed by atoms with Crippen LogP contribution in [0.4, 0.5) is 5.69 Å². The minimum atomic E-state index is -0.0717. The summed E-state index contributed by atoms with van der Waals surface area (Å²) in [4.78, 5) is 16.8. The van der Waals surface area contributed by atoms with Crippen LogP contribution < -0.4 is 19.7 Å². The summed E-state index contributed by atoms with van der Waals surface area (Å²) < 4.78 is 10.8. The molecule has 6 heteroatoms. The quantitative estimate of drug-likeness (QED) is 0.660. The van der Waals surface area contributed by atoms with Gasteiger partial charge in [-0.3, -0.25) is 9.69 Å². The van der Waals surface area contributed by atoms with Crippen molar-refractivity contribution < 1.29 is 14.3 Å². The Morgan fingerprint density at radius 1 is 1.03 bits per heavy atom. The fourth-order valence-electron chi connectivity index (χ4n) is 3.47. The Kier molecular flexibility index (Phi) is 7.76. The predicted octanol–water partition coefficient (Wildman–Crippen LogP) is 2.71. The molecule has 0 aromatic heterocycles. The van der Waals surface area contributed by atoms with E-state index in [1.807, 2.05) is 43.3 Å². The van der Waals surface area contributed by atoms with Crippen molar-refractivity contribution in [2.75, 3.05) is 57.9 Å². The van der Waals surface area contributed by atoms with Crippen LogP contribution in [0.25, 0.3) is 0 Å². The van der Waals surface area contributed by atoms with Crippen molar-refractivity contribution in [1.82, 2.24) is 10.2 Å². The monoisotopic (exact) mass is 397 g/mol. The first-order valence-electron chi connectivity index (χ1n) is 10.2. The van der Waals surface area contributed by atoms with E-state index in [-0.39, 0.29) is 12.5 Å². The van der Waals surface area contributed by atoms with Crippen molar-refractivity contribution in [2.45, 2.75) is 13.3 Å². The van der Waals surface area contributed by atoms with Gasteiger partial charge in [-0.15, -0.1) is 0 Å². The van der Waals surface area contributed by atoms with Gasteiger partial charge in [-0.05, 0) is 55.8 Å². The molecule has 1 N–H and O–H groups in total. The lowest BCUT2D eigenvalue weighted by Crippen LogP contribution is -2.47. The molecule has 2 aromatic rings. The van der Waals surface area contributed by atoms with Crippen LogP contribution in [0.3, 0.4) is 0 Å². The molecule has 6 nitrogen and oxygen atoms in total. The zero-order valence-electron chi connectivity index (χ0n) is 17.4. The number of aryl methyl sites for hydroxylation is 1. The molecule has 29 heavy (non-hydrogen) atoms. The van der Waals surface area contributed by atoms with Gasteiger partial charge in [0.2, 0.25) is 0 Å². The van der Waals surface area contributed by atoms with Gasteiger partial charge in [0.1, 0.15) is 11.5 Å². The number of benzene rings is 2. The molecular weight excluding hydrogens is 366 g/mol. The van der Waals surface area contributed by atoms with Crippen LogP contribution in [0.1, 0.15) is 12.0 Å². The highest BCUT2D eigenvalue weighted by molar-refractivity contribution is 5.77. The predicted molar refractivity (Wildman–Crippen MR) is 116 cm³/mol. The first-order valence-corrected chi connectivity index (χ1v) is 10.2. The summed E-state index contributed by atoms with van der Waals surface area (Å²) in [5.74, 6) is 1.58. The van der Waals surface area contributed by atoms with Gasteiger partial charge in [0, 0.05) is 38.4 Å². The topological polar surface area (TPSA) is 54.0 Å². The second-order valence-corrected chi connectivity index (χ2v) is 7.28. The number of carbonyl (C=O) groups excluding carboxylic acids is 1. The normalized spacial score (nSPS) is 14.5. The summed E-state index contributed by atoms with van der Waals surface area (Å²) in [6.45, 7) is 7.82. The van der Waals surface area contributed by atoms with Gasteiger partial charge in [-0.1, -0.05) is 18.2 Å². The molecule has 1 aliphatic rings. The van der Waals surface area contributed by atoms with Crippen LogP contribution in [-0.2, 0) is 4.79 Å². The number of nitrogens with zero attached hydrogens (tertiary/aromatic N) is 2. The average molecular weight is 398 g/mol. The molecule has 1 aliphatic heterocycles. The number of hydrogen-bond acceptors (Lipinski definition) is 5. The maximum atomic E-state index is 12.0. The lowest BCUT2D eigenvalue weighted by atomic mass is 10.2. The first-order chi connectivity index (χ1) is 14.2. The van der Waals surface area contributed by atoms with Gasteiger partial charge in [0.15, 0.2) is 6.61 Å². The number of piperazine rings is 1. The number of anilines is 1. The number of methoxy groups -OCH3 is 1. The van der Waals surface area contributed by atoms with Crippen molar-refractivity contribution in [3.63, 3.8) is 0 Å². The summed E-state index contributed by atoms with van der Waals surface area (Å²) in [6, 6.07) is 16.0. The SMILES string of the molecule is COc1ccc(N2CCN(CCCNC(=O)COc3ccccc3C)CC2)cc1. The Balaban J connectivity index is 1.28. The number of amides is 1. The molecule has 2 aromatic carbocycles. The Labute approximate surface area is 173 Å². The number of para-hydroxylation sites is 1. The maximum absolute atomic E-state index is 12.0. The van der Waals surface area contributed by atoms with Crippen LogP contribution in [0.2, 0.25) is 0 Å². The summed E-state index contributed by atoms with van der Waals surface area (Å²) in [7, 11) is 1.69. The third kappa shape index (κ3) is 6.39. The largest absolute Gasteiger partial charge is 0.497 e. The molecule has 1 heterocycles. The highest BCUT2D eigenvalue weighted by Crippen LogP contribution is 2.20. The van der Waals surface area contributed by atoms with E-state index in [0.29, 0.717) is 6.54 Å². The molecule has 1 fully saturated rings. The van der Waals surface area contributed by atoms with Crippen molar-refractivity contribution in [1.29, 1.82) is 0 Å². The van der Waals surface area contributed by atoms with Gasteiger partial charge in [0.05, 0.1) is 7.11 Å². The molecule has 0 aliphatic carbocycles. The van der Waals surface area contributed by atoms with E-state index in [4.69, 9.17) is 9.47 Å². The fourth-order valence-corrected chi connectivity index (χ4v) is 3.47. The summed E-state index contributed by atoms with van der Waals surface area (Å²) in [5.41, 5.74) is 2.28. The van der Waals surface area contributed by atoms with Crippen LogP contribution in [0.5, 0.6) is 11.5 Å². The zero-order valence-corrected chi connectivity index (χ0v) is 17.4. The van der Waals surface area contributed by atoms with Gasteiger partial charge < -0.3 is 19.7 Å². The highest BCUT2D eigenvalue weighted by atomic mass is 16.5. The number of hydrogen-bond donors (Lipinski definition) is 1. The Morgan fingerprint density at radius 3 is 2.45 bits per heavy atom. The Bertz CT molecular complexity index is 771. The molecule has 1 saturated heterocycles. The Hall–Kier alpha value is -2.73. The van der Waals surface area contributed by atoms with Crippen LogP contribution >= 0.6 is 0 Å². The van der Waals surface area contributed by atoms with Crippen LogP contribution in [0, 0.1) is 6.92 Å². The zero-order chi connectivity index (χ0) is 20.5. The van der Waals surface area contributed by atoms with E-state index >= 15 is 0 Å². The molecular formula is C23H31N3O3. The molecule has 0 atom stereocenters. The van der Waals surface area contributed by atoms with E-state index in [0.717, 1.165) is 56.2 Å². The molecule has 0 radical (unpaired) electrons. The van der Waals surface area contributed by atoms with Gasteiger partial charge in [-0.2, -0.15) is 0 Å². The van der Waals surface area contributed by atoms with Gasteiger partial charge in [0.25, 0.3) is 5.91 Å². The van der Waals surface area contributed by atoms with E-state index < -0.39 is 0 Å². The molecule has 0 saturated carbocycles. The molecule has 0 spiro atoms. The number of nitrogens with one attached hydrogen (secondary N) is 1. The number of rotatable bonds is 9. The van der Waals surface area contributed by atoms with Crippen molar-refractivity contribution in [3.8, 4) is 11.5 Å². The number of carbonyl (C=O) groups is 1. The second kappa shape index (κ2) is 10.7. The highest BCUT2D eigenvalue weighted by Gasteiger charge is 2.16. The molecule has 0 unspecified atom stereocenters. The van der Waals surface area contributed by atoms with Crippen molar-refractivity contribution in [2.24, 2.45) is 0 Å². The third-order valence-corrected chi connectivity index (χ3v) is 5.24. The first kappa shape index (κ1) is 21.0. The molecule has 156 valence electrons. The molecule has 1 amide bonds. The average Bonchev–Trinajstić information content (AvgIpc) is 2.77. The smallest absolute Gasteiger partial charge is 0.257 e. The minimum absolute atomic E-state index is 0.0609. The summed E-state index contributed by atoms with van der Waals surface area (Å²) >= 11 is 0. The lowest BCUT2D eigenvalue weighted by molar-refractivity contribution is -0.123. The van der Waals surface area contributed by atoms with E-state index in [1.54, 1.807) is 7.11 Å². The van der Waals surface area contributed by atoms with Crippen LogP contribution in [-0.4, -0.2) is 63.8 Å².